The van der Waals surface area contributed by atoms with E-state index >= 15 is 0 Å². The number of aryl methyl sites for hydroxylation is 1. The third-order valence-corrected chi connectivity index (χ3v) is 3.56. The lowest BCUT2D eigenvalue weighted by Crippen LogP contribution is -2.01. The van der Waals surface area contributed by atoms with E-state index in [4.69, 9.17) is 25.8 Å². The fraction of sp³-hybridized carbons (Fsp3) is 0.294. The number of ether oxygens (including phenoxy) is 3. The van der Waals surface area contributed by atoms with Crippen molar-refractivity contribution in [1.29, 1.82) is 0 Å². The smallest absolute Gasteiger partial charge is 0.161 e. The molecule has 0 aliphatic rings. The predicted molar refractivity (Wildman–Crippen MR) is 84.6 cm³/mol. The van der Waals surface area contributed by atoms with Crippen molar-refractivity contribution >= 4 is 11.6 Å². The van der Waals surface area contributed by atoms with Gasteiger partial charge in [0.25, 0.3) is 0 Å². The minimum absolute atomic E-state index is 0.433. The highest BCUT2D eigenvalue weighted by molar-refractivity contribution is 6.17. The zero-order valence-corrected chi connectivity index (χ0v) is 13.2. The number of alkyl halides is 1. The molecule has 0 aliphatic heterocycles. The van der Waals surface area contributed by atoms with E-state index in [1.807, 2.05) is 43.3 Å². The summed E-state index contributed by atoms with van der Waals surface area (Å²) in [7, 11) is 3.24. The van der Waals surface area contributed by atoms with Gasteiger partial charge in [-0.15, -0.1) is 11.6 Å². The molecule has 0 fully saturated rings. The quantitative estimate of drug-likeness (QED) is 0.743. The molecular weight excluding hydrogens is 288 g/mol. The van der Waals surface area contributed by atoms with Crippen LogP contribution in [0, 0.1) is 6.92 Å². The molecule has 0 amide bonds. The third-order valence-electron chi connectivity index (χ3n) is 3.27. The number of para-hydroxylation sites is 1. The van der Waals surface area contributed by atoms with Crippen molar-refractivity contribution < 1.29 is 14.2 Å². The zero-order valence-electron chi connectivity index (χ0n) is 12.5. The van der Waals surface area contributed by atoms with Gasteiger partial charge < -0.3 is 14.2 Å². The lowest BCUT2D eigenvalue weighted by Gasteiger charge is -2.14. The number of benzene rings is 2. The number of rotatable bonds is 6. The van der Waals surface area contributed by atoms with E-state index in [1.54, 1.807) is 14.2 Å². The molecule has 2 rings (SSSR count). The van der Waals surface area contributed by atoms with E-state index in [0.29, 0.717) is 24.0 Å². The topological polar surface area (TPSA) is 27.7 Å². The molecule has 0 spiro atoms. The molecule has 0 bridgehead atoms. The molecule has 0 aliphatic carbocycles. The lowest BCUT2D eigenvalue weighted by atomic mass is 10.1. The van der Waals surface area contributed by atoms with Crippen LogP contribution < -0.4 is 14.2 Å². The highest BCUT2D eigenvalue weighted by atomic mass is 35.5. The zero-order chi connectivity index (χ0) is 15.2. The first kappa shape index (κ1) is 15.5. The van der Waals surface area contributed by atoms with Gasteiger partial charge in [0.1, 0.15) is 12.4 Å². The van der Waals surface area contributed by atoms with Crippen LogP contribution in [0.5, 0.6) is 17.2 Å². The molecule has 21 heavy (non-hydrogen) atoms. The van der Waals surface area contributed by atoms with Crippen LogP contribution in [0.3, 0.4) is 0 Å². The molecule has 0 saturated carbocycles. The summed E-state index contributed by atoms with van der Waals surface area (Å²) in [6.45, 7) is 2.47. The Labute approximate surface area is 130 Å². The van der Waals surface area contributed by atoms with Gasteiger partial charge >= 0.3 is 0 Å². The molecule has 3 nitrogen and oxygen atoms in total. The number of halogens is 1. The fourth-order valence-corrected chi connectivity index (χ4v) is 2.36. The summed E-state index contributed by atoms with van der Waals surface area (Å²) in [5.74, 6) is 2.69. The van der Waals surface area contributed by atoms with Crippen LogP contribution in [-0.2, 0) is 12.5 Å². The minimum Gasteiger partial charge on any atom is -0.493 e. The molecule has 0 aromatic heterocycles. The molecule has 112 valence electrons. The van der Waals surface area contributed by atoms with Crippen LogP contribution >= 0.6 is 11.6 Å². The molecule has 0 unspecified atom stereocenters. The molecule has 0 N–H and O–H groups in total. The summed E-state index contributed by atoms with van der Waals surface area (Å²) in [6.07, 6.45) is 0. The molecule has 0 saturated heterocycles. The van der Waals surface area contributed by atoms with Crippen molar-refractivity contribution in [1.82, 2.24) is 0 Å². The maximum absolute atomic E-state index is 5.96. The SMILES string of the molecule is COc1ccc(COc2c(C)cccc2CCl)cc1OC. The van der Waals surface area contributed by atoms with Gasteiger partial charge in [0.2, 0.25) is 0 Å². The maximum Gasteiger partial charge on any atom is 0.161 e. The standard InChI is InChI=1S/C17H19ClO3/c1-12-5-4-6-14(10-18)17(12)21-11-13-7-8-15(19-2)16(9-13)20-3/h4-9H,10-11H2,1-3H3. The average molecular weight is 307 g/mol. The van der Waals surface area contributed by atoms with Crippen LogP contribution in [0.15, 0.2) is 36.4 Å². The summed E-state index contributed by atoms with van der Waals surface area (Å²) >= 11 is 5.96. The summed E-state index contributed by atoms with van der Waals surface area (Å²) in [4.78, 5) is 0. The van der Waals surface area contributed by atoms with Crippen LogP contribution in [0.2, 0.25) is 0 Å². The molecule has 2 aromatic carbocycles. The van der Waals surface area contributed by atoms with Crippen molar-refractivity contribution in [3.63, 3.8) is 0 Å². The molecule has 0 radical (unpaired) electrons. The van der Waals surface area contributed by atoms with Gasteiger partial charge in [-0.1, -0.05) is 24.3 Å². The first-order valence-electron chi connectivity index (χ1n) is 6.67. The van der Waals surface area contributed by atoms with Gasteiger partial charge in [0.05, 0.1) is 20.1 Å². The number of methoxy groups -OCH3 is 2. The summed E-state index contributed by atoms with van der Waals surface area (Å²) in [5, 5.41) is 0. The Morgan fingerprint density at radius 2 is 1.76 bits per heavy atom. The van der Waals surface area contributed by atoms with Gasteiger partial charge in [-0.25, -0.2) is 0 Å². The predicted octanol–water partition coefficient (Wildman–Crippen LogP) is 4.33. The monoisotopic (exact) mass is 306 g/mol. The van der Waals surface area contributed by atoms with Crippen LogP contribution in [0.25, 0.3) is 0 Å². The van der Waals surface area contributed by atoms with E-state index in [-0.39, 0.29) is 0 Å². The summed E-state index contributed by atoms with van der Waals surface area (Å²) in [6, 6.07) is 11.7. The summed E-state index contributed by atoms with van der Waals surface area (Å²) in [5.41, 5.74) is 3.09. The Bertz CT molecular complexity index is 611. The van der Waals surface area contributed by atoms with E-state index in [0.717, 1.165) is 22.4 Å². The number of hydrogen-bond donors (Lipinski definition) is 0. The summed E-state index contributed by atoms with van der Waals surface area (Å²) < 4.78 is 16.5. The van der Waals surface area contributed by atoms with Gasteiger partial charge in [-0.2, -0.15) is 0 Å². The Kier molecular flexibility index (Phi) is 5.34. The van der Waals surface area contributed by atoms with E-state index < -0.39 is 0 Å². The fourth-order valence-electron chi connectivity index (χ4n) is 2.15. The van der Waals surface area contributed by atoms with Crippen LogP contribution in [-0.4, -0.2) is 14.2 Å². The van der Waals surface area contributed by atoms with E-state index in [9.17, 15) is 0 Å². The first-order valence-corrected chi connectivity index (χ1v) is 7.21. The second kappa shape index (κ2) is 7.23. The van der Waals surface area contributed by atoms with Crippen molar-refractivity contribution in [2.24, 2.45) is 0 Å². The van der Waals surface area contributed by atoms with Crippen LogP contribution in [0.4, 0.5) is 0 Å². The van der Waals surface area contributed by atoms with Gasteiger partial charge in [-0.05, 0) is 30.2 Å². The number of hydrogen-bond acceptors (Lipinski definition) is 3. The minimum atomic E-state index is 0.433. The molecule has 2 aromatic rings. The van der Waals surface area contributed by atoms with Crippen LogP contribution in [0.1, 0.15) is 16.7 Å². The van der Waals surface area contributed by atoms with Crippen molar-refractivity contribution in [2.45, 2.75) is 19.4 Å². The van der Waals surface area contributed by atoms with E-state index in [1.165, 1.54) is 0 Å². The van der Waals surface area contributed by atoms with Gasteiger partial charge in [0.15, 0.2) is 11.5 Å². The normalized spacial score (nSPS) is 10.3. The highest BCUT2D eigenvalue weighted by Crippen LogP contribution is 2.29. The largest absolute Gasteiger partial charge is 0.493 e. The second-order valence-corrected chi connectivity index (χ2v) is 4.94. The Balaban J connectivity index is 2.17. The van der Waals surface area contributed by atoms with Crippen molar-refractivity contribution in [3.8, 4) is 17.2 Å². The Morgan fingerprint density at radius 1 is 1.00 bits per heavy atom. The van der Waals surface area contributed by atoms with Gasteiger partial charge in [0, 0.05) is 5.56 Å². The average Bonchev–Trinajstić information content (AvgIpc) is 2.53. The third kappa shape index (κ3) is 3.61. The molecular formula is C17H19ClO3. The molecule has 0 atom stereocenters. The Hall–Kier alpha value is -1.87. The van der Waals surface area contributed by atoms with Crippen molar-refractivity contribution in [3.05, 3.63) is 53.1 Å². The second-order valence-electron chi connectivity index (χ2n) is 4.67. The Morgan fingerprint density at radius 3 is 2.43 bits per heavy atom. The highest BCUT2D eigenvalue weighted by Gasteiger charge is 2.08. The maximum atomic E-state index is 5.96. The lowest BCUT2D eigenvalue weighted by molar-refractivity contribution is 0.299. The molecule has 4 heteroatoms. The van der Waals surface area contributed by atoms with Crippen molar-refractivity contribution in [2.75, 3.05) is 14.2 Å². The van der Waals surface area contributed by atoms with Gasteiger partial charge in [-0.3, -0.25) is 0 Å². The van der Waals surface area contributed by atoms with E-state index in [2.05, 4.69) is 0 Å². The first-order chi connectivity index (χ1) is 10.2. The molecule has 0 heterocycles.